The number of hydroxylamine groups is 4. The van der Waals surface area contributed by atoms with Gasteiger partial charge in [0, 0.05) is 40.8 Å². The first-order valence-electron chi connectivity index (χ1n) is 21.9. The van der Waals surface area contributed by atoms with Crippen molar-refractivity contribution < 1.29 is 19.9 Å². The van der Waals surface area contributed by atoms with E-state index >= 15 is 4.79 Å². The van der Waals surface area contributed by atoms with E-state index in [1.165, 1.54) is 25.7 Å². The first-order chi connectivity index (χ1) is 24.2. The summed E-state index contributed by atoms with van der Waals surface area (Å²) in [5.41, 5.74) is -0.938. The van der Waals surface area contributed by atoms with Gasteiger partial charge in [0.2, 0.25) is 0 Å². The highest BCUT2D eigenvalue weighted by molar-refractivity contribution is 5.75. The molecule has 2 amide bonds. The lowest BCUT2D eigenvalue weighted by Crippen LogP contribution is -2.71. The number of carbonyl (C=O) groups is 1. The molecule has 4 aliphatic carbocycles. The maximum Gasteiger partial charge on any atom is 0.318 e. The van der Waals surface area contributed by atoms with Gasteiger partial charge in [0.25, 0.3) is 0 Å². The average Bonchev–Trinajstić information content (AvgIpc) is 3.13. The van der Waals surface area contributed by atoms with Crippen LogP contribution in [0.3, 0.4) is 0 Å². The molecule has 6 rings (SSSR count). The zero-order chi connectivity index (χ0) is 35.2. The Labute approximate surface area is 305 Å². The molecule has 2 heterocycles. The molecule has 0 aromatic heterocycles. The topological polar surface area (TPSA) is 88.5 Å². The standard InChI is InChI=1S/C42H76N4O4/c1-4-19-36(33-50-32-34(5-2)6-3)44(37-30-41(24-15-9-16-25-41)46(49)42(31-37)26-17-10-18-27-42)38(47)43-35-28-39(20-11-7-12-21-39)45(48)40(29-35)22-13-8-14-23-40/h34-37,48-49H,4-33H2,1-3H3,(H,43,47). The lowest BCUT2D eigenvalue weighted by molar-refractivity contribution is -0.286. The minimum absolute atomic E-state index is 0.0103. The first kappa shape index (κ1) is 38.8. The summed E-state index contributed by atoms with van der Waals surface area (Å²) in [4.78, 5) is 17.6. The summed E-state index contributed by atoms with van der Waals surface area (Å²) in [6.07, 6.45) is 30.1. The third-order valence-corrected chi connectivity index (χ3v) is 15.2. The molecule has 0 bridgehead atoms. The van der Waals surface area contributed by atoms with E-state index in [2.05, 4.69) is 31.0 Å². The number of nitrogens with zero attached hydrogens (tertiary/aromatic N) is 3. The second-order valence-corrected chi connectivity index (χ2v) is 18.5. The van der Waals surface area contributed by atoms with Crippen LogP contribution < -0.4 is 5.32 Å². The molecule has 6 fully saturated rings. The fraction of sp³-hybridized carbons (Fsp3) is 0.976. The maximum absolute atomic E-state index is 15.3. The van der Waals surface area contributed by atoms with E-state index in [1.54, 1.807) is 0 Å². The van der Waals surface area contributed by atoms with E-state index in [0.29, 0.717) is 12.5 Å². The highest BCUT2D eigenvalue weighted by Crippen LogP contribution is 2.53. The van der Waals surface area contributed by atoms with Crippen LogP contribution >= 0.6 is 0 Å². The first-order valence-corrected chi connectivity index (χ1v) is 21.9. The van der Waals surface area contributed by atoms with Gasteiger partial charge in [0.15, 0.2) is 0 Å². The van der Waals surface area contributed by atoms with E-state index in [-0.39, 0.29) is 46.3 Å². The normalized spacial score (nSPS) is 30.2. The Balaban J connectivity index is 1.32. The van der Waals surface area contributed by atoms with Crippen molar-refractivity contribution in [3.05, 3.63) is 0 Å². The van der Waals surface area contributed by atoms with Crippen LogP contribution in [-0.2, 0) is 4.74 Å². The number of hydrogen-bond donors (Lipinski definition) is 3. The zero-order valence-corrected chi connectivity index (χ0v) is 32.6. The Hall–Kier alpha value is -0.930. The number of carbonyl (C=O) groups excluding carboxylic acids is 1. The molecule has 8 nitrogen and oxygen atoms in total. The van der Waals surface area contributed by atoms with Crippen LogP contribution in [0.15, 0.2) is 0 Å². The van der Waals surface area contributed by atoms with Crippen LogP contribution in [-0.4, -0.2) is 85.0 Å². The van der Waals surface area contributed by atoms with Crippen molar-refractivity contribution in [1.82, 2.24) is 20.3 Å². The van der Waals surface area contributed by atoms with Gasteiger partial charge in [-0.15, -0.1) is 0 Å². The Morgan fingerprint density at radius 2 is 1.06 bits per heavy atom. The second kappa shape index (κ2) is 17.0. The predicted octanol–water partition coefficient (Wildman–Crippen LogP) is 10.1. The predicted molar refractivity (Wildman–Crippen MR) is 201 cm³/mol. The molecule has 0 aromatic rings. The number of ether oxygens (including phenoxy) is 1. The highest BCUT2D eigenvalue weighted by Gasteiger charge is 2.58. The van der Waals surface area contributed by atoms with Crippen LogP contribution in [0.25, 0.3) is 0 Å². The summed E-state index contributed by atoms with van der Waals surface area (Å²) in [7, 11) is 0. The third-order valence-electron chi connectivity index (χ3n) is 15.2. The Kier molecular flexibility index (Phi) is 13.2. The molecule has 2 saturated heterocycles. The smallest absolute Gasteiger partial charge is 0.318 e. The molecule has 0 radical (unpaired) electrons. The number of nitrogens with one attached hydrogen (secondary N) is 1. The van der Waals surface area contributed by atoms with E-state index in [9.17, 15) is 10.4 Å². The van der Waals surface area contributed by atoms with Gasteiger partial charge in [0.05, 0.1) is 12.6 Å². The average molecular weight is 701 g/mol. The van der Waals surface area contributed by atoms with Crippen molar-refractivity contribution >= 4 is 6.03 Å². The number of piperidine rings is 2. The second-order valence-electron chi connectivity index (χ2n) is 18.5. The summed E-state index contributed by atoms with van der Waals surface area (Å²) in [6.45, 7) is 8.10. The molecule has 4 spiro atoms. The van der Waals surface area contributed by atoms with E-state index in [0.717, 1.165) is 161 Å². The summed E-state index contributed by atoms with van der Waals surface area (Å²) < 4.78 is 6.57. The molecule has 0 aromatic carbocycles. The maximum atomic E-state index is 15.3. The van der Waals surface area contributed by atoms with Crippen molar-refractivity contribution in [2.45, 2.75) is 241 Å². The largest absolute Gasteiger partial charge is 0.379 e. The van der Waals surface area contributed by atoms with Gasteiger partial charge in [-0.3, -0.25) is 0 Å². The SMILES string of the molecule is CCCC(COCC(CC)CC)N(C(=O)NC1CC2(CCCCC2)N(O)C2(CCCCC2)C1)C1CC2(CCCCC2)N(O)C2(CCCCC2)C1. The zero-order valence-electron chi connectivity index (χ0n) is 32.6. The molecule has 2 aliphatic heterocycles. The molecule has 6 aliphatic rings. The van der Waals surface area contributed by atoms with Gasteiger partial charge in [-0.05, 0) is 89.4 Å². The van der Waals surface area contributed by atoms with Crippen molar-refractivity contribution in [3.8, 4) is 0 Å². The molecule has 8 heteroatoms. The minimum atomic E-state index is -0.245. The van der Waals surface area contributed by atoms with Crippen molar-refractivity contribution in [2.75, 3.05) is 13.2 Å². The third kappa shape index (κ3) is 7.95. The molecule has 1 atom stereocenters. The molecule has 288 valence electrons. The van der Waals surface area contributed by atoms with Crippen molar-refractivity contribution in [3.63, 3.8) is 0 Å². The monoisotopic (exact) mass is 701 g/mol. The van der Waals surface area contributed by atoms with Crippen LogP contribution in [0.1, 0.15) is 201 Å². The number of hydrogen-bond acceptors (Lipinski definition) is 6. The fourth-order valence-corrected chi connectivity index (χ4v) is 12.5. The molecular weight excluding hydrogens is 624 g/mol. The minimum Gasteiger partial charge on any atom is -0.379 e. The van der Waals surface area contributed by atoms with Gasteiger partial charge in [-0.1, -0.05) is 117 Å². The molecule has 4 saturated carbocycles. The van der Waals surface area contributed by atoms with E-state index in [1.807, 2.05) is 10.1 Å². The molecule has 50 heavy (non-hydrogen) atoms. The van der Waals surface area contributed by atoms with Gasteiger partial charge in [-0.25, -0.2) is 4.79 Å². The Morgan fingerprint density at radius 3 is 1.44 bits per heavy atom. The van der Waals surface area contributed by atoms with E-state index in [4.69, 9.17) is 4.74 Å². The summed E-state index contributed by atoms with van der Waals surface area (Å²) in [5.74, 6) is 0.551. The van der Waals surface area contributed by atoms with Crippen LogP contribution in [0, 0.1) is 5.92 Å². The van der Waals surface area contributed by atoms with Crippen molar-refractivity contribution in [1.29, 1.82) is 0 Å². The number of amides is 2. The van der Waals surface area contributed by atoms with E-state index < -0.39 is 0 Å². The summed E-state index contributed by atoms with van der Waals surface area (Å²) >= 11 is 0. The highest BCUT2D eigenvalue weighted by atomic mass is 16.5. The Morgan fingerprint density at radius 1 is 0.660 bits per heavy atom. The van der Waals surface area contributed by atoms with Gasteiger partial charge in [0.1, 0.15) is 0 Å². The molecular formula is C42H76N4O4. The number of rotatable bonds is 11. The summed E-state index contributed by atoms with van der Waals surface area (Å²) in [5, 5.41) is 31.8. The van der Waals surface area contributed by atoms with Gasteiger partial charge < -0.3 is 25.4 Å². The quantitative estimate of drug-likeness (QED) is 0.199. The van der Waals surface area contributed by atoms with Crippen LogP contribution in [0.4, 0.5) is 4.79 Å². The van der Waals surface area contributed by atoms with Gasteiger partial charge >= 0.3 is 6.03 Å². The lowest BCUT2D eigenvalue weighted by atomic mass is 9.65. The molecule has 3 N–H and O–H groups in total. The van der Waals surface area contributed by atoms with Crippen LogP contribution in [0.2, 0.25) is 0 Å². The molecule has 1 unspecified atom stereocenters. The lowest BCUT2D eigenvalue weighted by Gasteiger charge is -2.61. The fourth-order valence-electron chi connectivity index (χ4n) is 12.5. The number of urea groups is 1. The summed E-state index contributed by atoms with van der Waals surface area (Å²) in [6, 6.07) is 0.239. The van der Waals surface area contributed by atoms with Crippen LogP contribution in [0.5, 0.6) is 0 Å². The van der Waals surface area contributed by atoms with Gasteiger partial charge in [-0.2, -0.15) is 10.1 Å². The Bertz CT molecular complexity index is 1000. The van der Waals surface area contributed by atoms with Crippen molar-refractivity contribution in [2.24, 2.45) is 5.92 Å².